The van der Waals surface area contributed by atoms with Crippen molar-refractivity contribution in [1.29, 1.82) is 0 Å². The molecule has 0 unspecified atom stereocenters. The molecule has 0 radical (unpaired) electrons. The number of phenolic OH excluding ortho intramolecular Hbond substituents is 3. The minimum absolute atomic E-state index is 0.0692. The first kappa shape index (κ1) is 25.0. The van der Waals surface area contributed by atoms with Crippen LogP contribution in [0.5, 0.6) is 17.2 Å². The Morgan fingerprint density at radius 2 is 1.08 bits per heavy atom. The number of benzene rings is 3. The molecule has 1 saturated heterocycles. The van der Waals surface area contributed by atoms with Gasteiger partial charge in [-0.25, -0.2) is 0 Å². The molecule has 3 aromatic rings. The smallest absolute Gasteiger partial charge is 0.255 e. The predicted molar refractivity (Wildman–Crippen MR) is 135 cm³/mol. The van der Waals surface area contributed by atoms with Crippen LogP contribution in [-0.4, -0.2) is 76.2 Å². The van der Waals surface area contributed by atoms with Crippen LogP contribution in [0.25, 0.3) is 0 Å². The second kappa shape index (κ2) is 11.6. The van der Waals surface area contributed by atoms with E-state index in [1.165, 1.54) is 12.1 Å². The summed E-state index contributed by atoms with van der Waals surface area (Å²) >= 11 is 0. The van der Waals surface area contributed by atoms with Gasteiger partial charge in [0.2, 0.25) is 0 Å². The number of hydrogen-bond donors (Lipinski definition) is 5. The molecular formula is C27H30N4O5. The Hall–Kier alpha value is -4.08. The summed E-state index contributed by atoms with van der Waals surface area (Å²) in [5.41, 5.74) is 1.19. The van der Waals surface area contributed by atoms with Gasteiger partial charge in [-0.1, -0.05) is 42.5 Å². The first-order valence-electron chi connectivity index (χ1n) is 11.8. The third-order valence-corrected chi connectivity index (χ3v) is 6.25. The zero-order valence-corrected chi connectivity index (χ0v) is 19.8. The van der Waals surface area contributed by atoms with Crippen LogP contribution in [-0.2, 0) is 0 Å². The van der Waals surface area contributed by atoms with E-state index in [0.29, 0.717) is 39.3 Å². The van der Waals surface area contributed by atoms with Gasteiger partial charge >= 0.3 is 0 Å². The zero-order chi connectivity index (χ0) is 25.5. The van der Waals surface area contributed by atoms with E-state index >= 15 is 0 Å². The van der Waals surface area contributed by atoms with Gasteiger partial charge in [0.05, 0.1) is 17.3 Å². The minimum Gasteiger partial charge on any atom is -0.508 e. The molecule has 0 bridgehead atoms. The van der Waals surface area contributed by atoms with Crippen LogP contribution >= 0.6 is 0 Å². The van der Waals surface area contributed by atoms with E-state index in [1.807, 2.05) is 12.1 Å². The van der Waals surface area contributed by atoms with Crippen molar-refractivity contribution in [2.45, 2.75) is 6.17 Å². The number of nitrogens with zero attached hydrogens (tertiary/aromatic N) is 2. The van der Waals surface area contributed by atoms with Gasteiger partial charge in [0, 0.05) is 44.8 Å². The van der Waals surface area contributed by atoms with Crippen molar-refractivity contribution < 1.29 is 24.9 Å². The molecule has 1 aliphatic rings. The topological polar surface area (TPSA) is 125 Å². The lowest BCUT2D eigenvalue weighted by atomic mass is 10.1. The molecule has 9 nitrogen and oxygen atoms in total. The van der Waals surface area contributed by atoms with Crippen LogP contribution in [0.4, 0.5) is 0 Å². The van der Waals surface area contributed by atoms with E-state index < -0.39 is 0 Å². The lowest BCUT2D eigenvalue weighted by molar-refractivity contribution is 0.0926. The first-order chi connectivity index (χ1) is 17.5. The van der Waals surface area contributed by atoms with Gasteiger partial charge in [-0.3, -0.25) is 19.4 Å². The van der Waals surface area contributed by atoms with Gasteiger partial charge in [0.25, 0.3) is 11.8 Å². The Morgan fingerprint density at radius 3 is 1.53 bits per heavy atom. The van der Waals surface area contributed by atoms with Gasteiger partial charge < -0.3 is 26.0 Å². The molecule has 4 rings (SSSR count). The first-order valence-corrected chi connectivity index (χ1v) is 11.8. The molecular weight excluding hydrogens is 460 g/mol. The molecule has 0 saturated carbocycles. The molecule has 1 heterocycles. The summed E-state index contributed by atoms with van der Waals surface area (Å²) in [5.74, 6) is -0.665. The summed E-state index contributed by atoms with van der Waals surface area (Å²) in [4.78, 5) is 29.2. The largest absolute Gasteiger partial charge is 0.508 e. The number of nitrogens with one attached hydrogen (secondary N) is 2. The Bertz CT molecular complexity index is 1150. The molecule has 0 aliphatic carbocycles. The number of phenols is 3. The molecule has 1 fully saturated rings. The van der Waals surface area contributed by atoms with E-state index in [4.69, 9.17) is 0 Å². The number of carbonyl (C=O) groups excluding carboxylic acids is 2. The number of hydrogen-bond acceptors (Lipinski definition) is 7. The van der Waals surface area contributed by atoms with Crippen LogP contribution in [0.3, 0.4) is 0 Å². The maximum Gasteiger partial charge on any atom is 0.255 e. The minimum atomic E-state index is -0.352. The van der Waals surface area contributed by atoms with Crippen LogP contribution in [0, 0.1) is 0 Å². The third-order valence-electron chi connectivity index (χ3n) is 6.25. The molecule has 188 valence electrons. The van der Waals surface area contributed by atoms with Crippen LogP contribution in [0.15, 0.2) is 72.8 Å². The predicted octanol–water partition coefficient (Wildman–Crippen LogP) is 2.28. The number of para-hydroxylation sites is 3. The fraction of sp³-hybridized carbons (Fsp3) is 0.259. The molecule has 1 aliphatic heterocycles. The maximum atomic E-state index is 12.5. The summed E-state index contributed by atoms with van der Waals surface area (Å²) in [6.45, 7) is 3.18. The highest BCUT2D eigenvalue weighted by molar-refractivity contribution is 5.97. The fourth-order valence-electron chi connectivity index (χ4n) is 4.45. The molecule has 9 heteroatoms. The lowest BCUT2D eigenvalue weighted by Gasteiger charge is -2.31. The summed E-state index contributed by atoms with van der Waals surface area (Å²) in [6.07, 6.45) is -0.240. The summed E-state index contributed by atoms with van der Waals surface area (Å²) < 4.78 is 0. The normalized spacial score (nSPS) is 14.6. The molecule has 36 heavy (non-hydrogen) atoms. The van der Waals surface area contributed by atoms with Crippen LogP contribution in [0.1, 0.15) is 32.4 Å². The fourth-order valence-corrected chi connectivity index (χ4v) is 4.45. The number of carbonyl (C=O) groups is 2. The van der Waals surface area contributed by atoms with Crippen molar-refractivity contribution in [1.82, 2.24) is 20.4 Å². The summed E-state index contributed by atoms with van der Waals surface area (Å²) in [5, 5.41) is 36.1. The van der Waals surface area contributed by atoms with E-state index in [-0.39, 0.29) is 46.4 Å². The molecule has 0 atom stereocenters. The highest BCUT2D eigenvalue weighted by atomic mass is 16.3. The van der Waals surface area contributed by atoms with Crippen molar-refractivity contribution in [2.75, 3.05) is 39.3 Å². The van der Waals surface area contributed by atoms with Gasteiger partial charge in [-0.15, -0.1) is 0 Å². The second-order valence-corrected chi connectivity index (χ2v) is 8.55. The number of aromatic hydroxyl groups is 3. The van der Waals surface area contributed by atoms with Crippen molar-refractivity contribution in [2.24, 2.45) is 0 Å². The van der Waals surface area contributed by atoms with E-state index in [2.05, 4.69) is 20.4 Å². The Morgan fingerprint density at radius 1 is 0.667 bits per heavy atom. The molecule has 5 N–H and O–H groups in total. The third kappa shape index (κ3) is 5.76. The molecule has 2 amide bonds. The van der Waals surface area contributed by atoms with Gasteiger partial charge in [-0.2, -0.15) is 0 Å². The summed E-state index contributed by atoms with van der Waals surface area (Å²) in [7, 11) is 0. The summed E-state index contributed by atoms with van der Waals surface area (Å²) in [6, 6.07) is 19.9. The average molecular weight is 491 g/mol. The quantitative estimate of drug-likeness (QED) is 0.312. The van der Waals surface area contributed by atoms with Crippen molar-refractivity contribution >= 4 is 11.8 Å². The van der Waals surface area contributed by atoms with Crippen LogP contribution in [0.2, 0.25) is 0 Å². The number of rotatable bonds is 9. The van der Waals surface area contributed by atoms with E-state index in [1.54, 1.807) is 48.5 Å². The average Bonchev–Trinajstić information content (AvgIpc) is 3.27. The van der Waals surface area contributed by atoms with Crippen molar-refractivity contribution in [3.8, 4) is 17.2 Å². The van der Waals surface area contributed by atoms with Gasteiger partial charge in [0.1, 0.15) is 17.2 Å². The van der Waals surface area contributed by atoms with E-state index in [9.17, 15) is 24.9 Å². The zero-order valence-electron chi connectivity index (χ0n) is 19.8. The highest BCUT2D eigenvalue weighted by Gasteiger charge is 2.34. The Balaban J connectivity index is 1.38. The molecule has 3 aromatic carbocycles. The van der Waals surface area contributed by atoms with Gasteiger partial charge in [0.15, 0.2) is 0 Å². The number of amides is 2. The monoisotopic (exact) mass is 490 g/mol. The molecule has 0 aromatic heterocycles. The Kier molecular flexibility index (Phi) is 8.04. The SMILES string of the molecule is O=C(NCCN1CCN(CCNC(=O)c2ccccc2O)C1c1ccccc1O)c1ccccc1O. The standard InChI is InChI=1S/C27H30N4O5/c32-22-10-4-1-7-19(22)25(35)28-13-15-30-17-18-31(27(30)21-9-3-6-12-24(21)34)16-14-29-26(36)20-8-2-5-11-23(20)33/h1-12,27,32-34H,13-18H2,(H,28,35)(H,29,36). The van der Waals surface area contributed by atoms with E-state index in [0.717, 1.165) is 5.56 Å². The second-order valence-electron chi connectivity index (χ2n) is 8.55. The Labute approximate surface area is 209 Å². The van der Waals surface area contributed by atoms with Crippen molar-refractivity contribution in [3.63, 3.8) is 0 Å². The highest BCUT2D eigenvalue weighted by Crippen LogP contribution is 2.34. The van der Waals surface area contributed by atoms with Crippen LogP contribution < -0.4 is 10.6 Å². The lowest BCUT2D eigenvalue weighted by Crippen LogP contribution is -2.39. The molecule has 0 spiro atoms. The van der Waals surface area contributed by atoms with Gasteiger partial charge in [-0.05, 0) is 30.3 Å². The maximum absolute atomic E-state index is 12.5. The van der Waals surface area contributed by atoms with Crippen molar-refractivity contribution in [3.05, 3.63) is 89.5 Å².